The third kappa shape index (κ3) is 4.11. The highest BCUT2D eigenvalue weighted by Gasteiger charge is 2.66. The zero-order valence-corrected chi connectivity index (χ0v) is 19.9. The summed E-state index contributed by atoms with van der Waals surface area (Å²) in [7, 11) is 1.52. The first-order valence-corrected chi connectivity index (χ1v) is 11.9. The van der Waals surface area contributed by atoms with Crippen molar-refractivity contribution in [2.45, 2.75) is 22.5 Å². The molecular weight excluding hydrogens is 536 g/mol. The van der Waals surface area contributed by atoms with Gasteiger partial charge < -0.3 is 14.8 Å². The Labute approximate surface area is 196 Å². The molecule has 2 bridgehead atoms. The van der Waals surface area contributed by atoms with E-state index in [4.69, 9.17) is 9.47 Å². The predicted molar refractivity (Wildman–Crippen MR) is 118 cm³/mol. The van der Waals surface area contributed by atoms with Crippen molar-refractivity contribution in [1.29, 1.82) is 0 Å². The maximum Gasteiger partial charge on any atom is 0.308 e. The molecule has 3 amide bonds. The molecule has 1 heterocycles. The fraction of sp³-hybridized carbons (Fsp3) is 0.524. The largest absolute Gasteiger partial charge is 0.497 e. The molecule has 1 aromatic carbocycles. The number of esters is 1. The quantitative estimate of drug-likeness (QED) is 0.314. The number of carbonyl (C=O) groups is 4. The van der Waals surface area contributed by atoms with Gasteiger partial charge in [0.1, 0.15) is 5.75 Å². The molecular formula is C21H22Br2N2O6. The number of nitrogens with zero attached hydrogens (tertiary/aromatic N) is 1. The Morgan fingerprint density at radius 3 is 2.39 bits per heavy atom. The van der Waals surface area contributed by atoms with Crippen LogP contribution < -0.4 is 10.1 Å². The number of fused-ring (bicyclic) bond motifs is 5. The summed E-state index contributed by atoms with van der Waals surface area (Å²) in [5, 5.41) is 2.61. The van der Waals surface area contributed by atoms with Crippen molar-refractivity contribution in [2.24, 2.45) is 23.7 Å². The molecule has 1 saturated heterocycles. The first kappa shape index (κ1) is 22.3. The second-order valence-electron chi connectivity index (χ2n) is 8.02. The van der Waals surface area contributed by atoms with E-state index in [9.17, 15) is 19.2 Å². The number of ether oxygens (including phenoxy) is 2. The third-order valence-electron chi connectivity index (χ3n) is 6.34. The van der Waals surface area contributed by atoms with E-state index in [1.165, 1.54) is 12.0 Å². The van der Waals surface area contributed by atoms with Gasteiger partial charge in [-0.1, -0.05) is 37.9 Å². The van der Waals surface area contributed by atoms with Crippen LogP contribution in [0, 0.1) is 23.7 Å². The molecule has 3 aliphatic rings. The Hall–Kier alpha value is -1.94. The van der Waals surface area contributed by atoms with Crippen molar-refractivity contribution in [3.63, 3.8) is 0 Å². The van der Waals surface area contributed by atoms with Crippen LogP contribution in [0.4, 0.5) is 5.69 Å². The second-order valence-corrected chi connectivity index (χ2v) is 10.1. The highest BCUT2D eigenvalue weighted by molar-refractivity contribution is 9.12. The average molecular weight is 558 g/mol. The molecule has 0 unspecified atom stereocenters. The third-order valence-corrected chi connectivity index (χ3v) is 9.54. The Bertz CT molecular complexity index is 893. The van der Waals surface area contributed by atoms with Gasteiger partial charge in [-0.3, -0.25) is 24.1 Å². The lowest BCUT2D eigenvalue weighted by Crippen LogP contribution is -2.37. The minimum atomic E-state index is -0.641. The SMILES string of the molecule is COc1cccc(NC(=O)COC(=O)CCN2C(=O)[C@@H]3[C@H]4C[C@@H]([C@@H](Br)[C@H]4Br)[C@H]3C2=O)c1. The van der Waals surface area contributed by atoms with Crippen molar-refractivity contribution in [3.05, 3.63) is 24.3 Å². The number of methoxy groups -OCH3 is 1. The van der Waals surface area contributed by atoms with Crippen LogP contribution in [0.2, 0.25) is 0 Å². The van der Waals surface area contributed by atoms with Crippen LogP contribution in [-0.2, 0) is 23.9 Å². The fourth-order valence-electron chi connectivity index (χ4n) is 4.95. The van der Waals surface area contributed by atoms with Crippen LogP contribution in [0.5, 0.6) is 5.75 Å². The van der Waals surface area contributed by atoms with Crippen LogP contribution in [-0.4, -0.2) is 58.5 Å². The zero-order valence-electron chi connectivity index (χ0n) is 16.8. The molecule has 31 heavy (non-hydrogen) atoms. The average Bonchev–Trinajstić information content (AvgIpc) is 3.36. The van der Waals surface area contributed by atoms with Gasteiger partial charge >= 0.3 is 5.97 Å². The minimum absolute atomic E-state index is 0.0274. The molecule has 3 fully saturated rings. The summed E-state index contributed by atoms with van der Waals surface area (Å²) in [5.74, 6) is -1.29. The van der Waals surface area contributed by atoms with E-state index < -0.39 is 18.5 Å². The Morgan fingerprint density at radius 2 is 1.77 bits per heavy atom. The number of imide groups is 1. The number of hydrogen-bond donors (Lipinski definition) is 1. The van der Waals surface area contributed by atoms with E-state index in [1.807, 2.05) is 0 Å². The maximum absolute atomic E-state index is 12.8. The molecule has 0 aromatic heterocycles. The van der Waals surface area contributed by atoms with Crippen molar-refractivity contribution in [2.75, 3.05) is 25.6 Å². The van der Waals surface area contributed by atoms with Gasteiger partial charge in [0.05, 0.1) is 25.4 Å². The Morgan fingerprint density at radius 1 is 1.13 bits per heavy atom. The molecule has 2 saturated carbocycles. The monoisotopic (exact) mass is 556 g/mol. The maximum atomic E-state index is 12.8. The van der Waals surface area contributed by atoms with Gasteiger partial charge in [0.25, 0.3) is 5.91 Å². The highest BCUT2D eigenvalue weighted by Crippen LogP contribution is 2.60. The number of amides is 3. The van der Waals surface area contributed by atoms with Crippen LogP contribution in [0.25, 0.3) is 0 Å². The van der Waals surface area contributed by atoms with Crippen LogP contribution in [0.3, 0.4) is 0 Å². The number of likely N-dealkylation sites (tertiary alicyclic amines) is 1. The summed E-state index contributed by atoms with van der Waals surface area (Å²) in [6, 6.07) is 6.79. The van der Waals surface area contributed by atoms with E-state index in [0.717, 1.165) is 6.42 Å². The molecule has 6 atom stereocenters. The minimum Gasteiger partial charge on any atom is -0.497 e. The van der Waals surface area contributed by atoms with Gasteiger partial charge in [0.2, 0.25) is 11.8 Å². The molecule has 0 radical (unpaired) electrons. The first-order valence-electron chi connectivity index (χ1n) is 10.0. The molecule has 1 aliphatic heterocycles. The number of rotatable bonds is 7. The second kappa shape index (κ2) is 8.90. The van der Waals surface area contributed by atoms with Crippen molar-refractivity contribution >= 4 is 61.2 Å². The summed E-state index contributed by atoms with van der Waals surface area (Å²) >= 11 is 7.29. The summed E-state index contributed by atoms with van der Waals surface area (Å²) < 4.78 is 10.1. The normalized spacial score (nSPS) is 31.0. The van der Waals surface area contributed by atoms with Gasteiger partial charge in [-0.15, -0.1) is 0 Å². The van der Waals surface area contributed by atoms with E-state index in [1.54, 1.807) is 24.3 Å². The number of carbonyl (C=O) groups excluding carboxylic acids is 4. The van der Waals surface area contributed by atoms with E-state index in [-0.39, 0.29) is 58.1 Å². The molecule has 2 aliphatic carbocycles. The van der Waals surface area contributed by atoms with Gasteiger partial charge in [0.15, 0.2) is 6.61 Å². The van der Waals surface area contributed by atoms with Crippen molar-refractivity contribution < 1.29 is 28.7 Å². The van der Waals surface area contributed by atoms with Gasteiger partial charge in [-0.2, -0.15) is 0 Å². The first-order chi connectivity index (χ1) is 14.8. The highest BCUT2D eigenvalue weighted by atomic mass is 79.9. The fourth-order valence-corrected chi connectivity index (χ4v) is 6.82. The summed E-state index contributed by atoms with van der Waals surface area (Å²) in [5.41, 5.74) is 0.519. The van der Waals surface area contributed by atoms with E-state index in [2.05, 4.69) is 37.2 Å². The van der Waals surface area contributed by atoms with Gasteiger partial charge in [0, 0.05) is 28.0 Å². The lowest BCUT2D eigenvalue weighted by atomic mass is 9.81. The number of hydrogen-bond acceptors (Lipinski definition) is 6. The molecule has 0 spiro atoms. The summed E-state index contributed by atoms with van der Waals surface area (Å²) in [6.07, 6.45) is 0.713. The smallest absolute Gasteiger partial charge is 0.308 e. The zero-order chi connectivity index (χ0) is 22.3. The number of nitrogens with one attached hydrogen (secondary N) is 1. The molecule has 10 heteroatoms. The van der Waals surface area contributed by atoms with Gasteiger partial charge in [-0.25, -0.2) is 0 Å². The Balaban J connectivity index is 1.25. The number of alkyl halides is 2. The van der Waals surface area contributed by atoms with Crippen molar-refractivity contribution in [3.8, 4) is 5.75 Å². The standard InChI is InChI=1S/C21H22Br2N2O6/c1-30-11-4-2-3-10(7-11)24-14(26)9-31-15(27)5-6-25-20(28)16-12-8-13(17(16)21(25)29)19(23)18(12)22/h2-4,7,12-13,16-19H,5-6,8-9H2,1H3,(H,24,26)/t12-,13-,16-,17-,18-,19+/m1/s1. The lowest BCUT2D eigenvalue weighted by Gasteiger charge is -2.28. The topological polar surface area (TPSA) is 102 Å². The molecule has 1 N–H and O–H groups in total. The lowest BCUT2D eigenvalue weighted by molar-refractivity contribution is -0.149. The number of anilines is 1. The molecule has 4 rings (SSSR count). The van der Waals surface area contributed by atoms with Crippen LogP contribution in [0.15, 0.2) is 24.3 Å². The molecule has 1 aromatic rings. The molecule has 8 nitrogen and oxygen atoms in total. The molecule has 166 valence electrons. The predicted octanol–water partition coefficient (Wildman–Crippen LogP) is 2.34. The number of benzene rings is 1. The van der Waals surface area contributed by atoms with Crippen LogP contribution >= 0.6 is 31.9 Å². The van der Waals surface area contributed by atoms with Crippen LogP contribution in [0.1, 0.15) is 12.8 Å². The van der Waals surface area contributed by atoms with E-state index in [0.29, 0.717) is 11.4 Å². The summed E-state index contributed by atoms with van der Waals surface area (Å²) in [6.45, 7) is -0.482. The number of halogens is 2. The summed E-state index contributed by atoms with van der Waals surface area (Å²) in [4.78, 5) is 51.2. The Kier molecular flexibility index (Phi) is 6.39. The van der Waals surface area contributed by atoms with E-state index >= 15 is 0 Å². The van der Waals surface area contributed by atoms with Crippen molar-refractivity contribution in [1.82, 2.24) is 4.90 Å². The van der Waals surface area contributed by atoms with Gasteiger partial charge in [-0.05, 0) is 30.4 Å².